The van der Waals surface area contributed by atoms with E-state index in [-0.39, 0.29) is 16.0 Å². The molecule has 15 heavy (non-hydrogen) atoms. The quantitative estimate of drug-likeness (QED) is 0.860. The topological polar surface area (TPSA) is 65.2 Å². The summed E-state index contributed by atoms with van der Waals surface area (Å²) in [5.41, 5.74) is 4.27. The van der Waals surface area contributed by atoms with E-state index in [1.54, 1.807) is 0 Å². The van der Waals surface area contributed by atoms with Crippen molar-refractivity contribution in [2.45, 2.75) is 6.43 Å². The highest BCUT2D eigenvalue weighted by molar-refractivity contribution is 9.10. The maximum absolute atomic E-state index is 12.6. The van der Waals surface area contributed by atoms with Gasteiger partial charge < -0.3 is 10.5 Å². The molecule has 1 heterocycles. The predicted molar refractivity (Wildman–Crippen MR) is 52.0 cm³/mol. The highest BCUT2D eigenvalue weighted by Crippen LogP contribution is 2.34. The lowest BCUT2D eigenvalue weighted by Gasteiger charge is -2.10. The number of hydrogen-bond donors (Lipinski definition) is 1. The van der Waals surface area contributed by atoms with Crippen molar-refractivity contribution >= 4 is 21.8 Å². The maximum atomic E-state index is 12.6. The number of amides is 1. The highest BCUT2D eigenvalue weighted by Gasteiger charge is 2.20. The molecule has 0 aliphatic carbocycles. The van der Waals surface area contributed by atoms with Gasteiger partial charge >= 0.3 is 0 Å². The lowest BCUT2D eigenvalue weighted by Crippen LogP contribution is -2.14. The minimum atomic E-state index is -2.77. The summed E-state index contributed by atoms with van der Waals surface area (Å²) in [7, 11) is 1.23. The number of carbonyl (C=O) groups excluding carboxylic acids is 1. The van der Waals surface area contributed by atoms with Gasteiger partial charge in [-0.25, -0.2) is 13.8 Å². The van der Waals surface area contributed by atoms with Gasteiger partial charge in [-0.3, -0.25) is 4.79 Å². The Labute approximate surface area is 92.6 Å². The van der Waals surface area contributed by atoms with Gasteiger partial charge in [-0.1, -0.05) is 0 Å². The average Bonchev–Trinajstić information content (AvgIpc) is 2.16. The van der Waals surface area contributed by atoms with Crippen LogP contribution in [0.25, 0.3) is 0 Å². The summed E-state index contributed by atoms with van der Waals surface area (Å²) in [6.45, 7) is 0. The summed E-state index contributed by atoms with van der Waals surface area (Å²) in [6.07, 6.45) is -2.77. The van der Waals surface area contributed by atoms with Crippen molar-refractivity contribution in [1.29, 1.82) is 0 Å². The van der Waals surface area contributed by atoms with Gasteiger partial charge in [-0.15, -0.1) is 0 Å². The van der Waals surface area contributed by atoms with E-state index in [2.05, 4.69) is 20.9 Å². The first-order valence-electron chi connectivity index (χ1n) is 3.79. The number of pyridine rings is 1. The summed E-state index contributed by atoms with van der Waals surface area (Å²) in [5, 5.41) is 0. The van der Waals surface area contributed by atoms with Crippen LogP contribution in [0.5, 0.6) is 5.75 Å². The molecule has 82 valence electrons. The van der Waals surface area contributed by atoms with Gasteiger partial charge in [0.05, 0.1) is 12.7 Å². The standard InChI is InChI=1S/C8H7BrF2N2O2/c1-15-5-3(7(10)11)2-4(8(12)14)13-6(5)9/h2,7H,1H3,(H2,12,14). The number of nitrogens with two attached hydrogens (primary N) is 1. The predicted octanol–water partition coefficient (Wildman–Crippen LogP) is 1.89. The van der Waals surface area contributed by atoms with Crippen LogP contribution in [-0.2, 0) is 0 Å². The van der Waals surface area contributed by atoms with Crippen LogP contribution >= 0.6 is 15.9 Å². The van der Waals surface area contributed by atoms with Gasteiger partial charge in [0.15, 0.2) is 5.75 Å². The van der Waals surface area contributed by atoms with Crippen molar-refractivity contribution in [2.75, 3.05) is 7.11 Å². The molecule has 1 amide bonds. The fraction of sp³-hybridized carbons (Fsp3) is 0.250. The average molecular weight is 281 g/mol. The maximum Gasteiger partial charge on any atom is 0.267 e. The number of aromatic nitrogens is 1. The molecule has 0 saturated heterocycles. The van der Waals surface area contributed by atoms with E-state index in [0.29, 0.717) is 0 Å². The van der Waals surface area contributed by atoms with Crippen molar-refractivity contribution < 1.29 is 18.3 Å². The number of alkyl halides is 2. The van der Waals surface area contributed by atoms with Crippen LogP contribution in [0, 0.1) is 0 Å². The molecular weight excluding hydrogens is 274 g/mol. The van der Waals surface area contributed by atoms with Crippen LogP contribution in [0.1, 0.15) is 22.5 Å². The first-order chi connectivity index (χ1) is 6.97. The third-order valence-electron chi connectivity index (χ3n) is 1.65. The molecule has 0 bridgehead atoms. The first kappa shape index (κ1) is 11.8. The van der Waals surface area contributed by atoms with Crippen molar-refractivity contribution in [1.82, 2.24) is 4.98 Å². The number of hydrogen-bond acceptors (Lipinski definition) is 3. The number of halogens is 3. The molecule has 0 aromatic carbocycles. The lowest BCUT2D eigenvalue weighted by molar-refractivity contribution is 0.0994. The molecule has 2 N–H and O–H groups in total. The molecular formula is C8H7BrF2N2O2. The normalized spacial score (nSPS) is 10.5. The van der Waals surface area contributed by atoms with E-state index in [1.165, 1.54) is 7.11 Å². The molecule has 0 saturated carbocycles. The molecule has 0 radical (unpaired) electrons. The third-order valence-corrected chi connectivity index (χ3v) is 2.19. The summed E-state index contributed by atoms with van der Waals surface area (Å²) in [4.78, 5) is 14.5. The molecule has 7 heteroatoms. The number of primary amides is 1. The Morgan fingerprint density at radius 3 is 2.67 bits per heavy atom. The van der Waals surface area contributed by atoms with Crippen LogP contribution < -0.4 is 10.5 Å². The second-order valence-electron chi connectivity index (χ2n) is 2.59. The number of nitrogens with zero attached hydrogens (tertiary/aromatic N) is 1. The smallest absolute Gasteiger partial charge is 0.267 e. The van der Waals surface area contributed by atoms with Crippen LogP contribution in [0.15, 0.2) is 10.7 Å². The zero-order valence-electron chi connectivity index (χ0n) is 7.63. The summed E-state index contributed by atoms with van der Waals surface area (Å²) in [6, 6.07) is 0.913. The molecule has 1 aromatic rings. The van der Waals surface area contributed by atoms with E-state index >= 15 is 0 Å². The zero-order valence-corrected chi connectivity index (χ0v) is 9.22. The Hall–Kier alpha value is -1.24. The van der Waals surface area contributed by atoms with Crippen LogP contribution in [-0.4, -0.2) is 18.0 Å². The fourth-order valence-corrected chi connectivity index (χ4v) is 1.59. The SMILES string of the molecule is COc1c(C(F)F)cc(C(N)=O)nc1Br. The Bertz CT molecular complexity index is 398. The summed E-state index contributed by atoms with van der Waals surface area (Å²) < 4.78 is 29.9. The van der Waals surface area contributed by atoms with E-state index in [0.717, 1.165) is 6.07 Å². The Balaban J connectivity index is 3.38. The Morgan fingerprint density at radius 1 is 1.67 bits per heavy atom. The molecule has 0 unspecified atom stereocenters. The molecule has 0 aliphatic rings. The van der Waals surface area contributed by atoms with Gasteiger partial charge in [-0.05, 0) is 22.0 Å². The van der Waals surface area contributed by atoms with Crippen LogP contribution in [0.2, 0.25) is 0 Å². The van der Waals surface area contributed by atoms with Gasteiger partial charge in [-0.2, -0.15) is 0 Å². The van der Waals surface area contributed by atoms with Crippen molar-refractivity contribution in [3.63, 3.8) is 0 Å². The Morgan fingerprint density at radius 2 is 2.27 bits per heavy atom. The monoisotopic (exact) mass is 280 g/mol. The second-order valence-corrected chi connectivity index (χ2v) is 3.34. The van der Waals surface area contributed by atoms with E-state index in [1.807, 2.05) is 0 Å². The van der Waals surface area contributed by atoms with Crippen molar-refractivity contribution in [3.05, 3.63) is 21.9 Å². The minimum absolute atomic E-state index is 0.0246. The van der Waals surface area contributed by atoms with E-state index < -0.39 is 17.9 Å². The van der Waals surface area contributed by atoms with Crippen LogP contribution in [0.3, 0.4) is 0 Å². The molecule has 1 rings (SSSR count). The van der Waals surface area contributed by atoms with Gasteiger partial charge in [0.1, 0.15) is 10.3 Å². The van der Waals surface area contributed by atoms with E-state index in [4.69, 9.17) is 10.5 Å². The van der Waals surface area contributed by atoms with Gasteiger partial charge in [0, 0.05) is 0 Å². The number of methoxy groups -OCH3 is 1. The highest BCUT2D eigenvalue weighted by atomic mass is 79.9. The molecule has 4 nitrogen and oxygen atoms in total. The van der Waals surface area contributed by atoms with Gasteiger partial charge in [0.25, 0.3) is 12.3 Å². The van der Waals surface area contributed by atoms with Crippen molar-refractivity contribution in [3.8, 4) is 5.75 Å². The summed E-state index contributed by atoms with van der Waals surface area (Å²) in [5.74, 6) is -0.977. The largest absolute Gasteiger partial charge is 0.493 e. The number of ether oxygens (including phenoxy) is 1. The molecule has 0 spiro atoms. The van der Waals surface area contributed by atoms with Crippen LogP contribution in [0.4, 0.5) is 8.78 Å². The number of rotatable bonds is 3. The second kappa shape index (κ2) is 4.52. The lowest BCUT2D eigenvalue weighted by atomic mass is 10.2. The third kappa shape index (κ3) is 2.41. The van der Waals surface area contributed by atoms with E-state index in [9.17, 15) is 13.6 Å². The Kier molecular flexibility index (Phi) is 3.57. The summed E-state index contributed by atoms with van der Waals surface area (Å²) >= 11 is 2.92. The zero-order chi connectivity index (χ0) is 11.6. The first-order valence-corrected chi connectivity index (χ1v) is 4.59. The molecule has 0 aliphatic heterocycles. The fourth-order valence-electron chi connectivity index (χ4n) is 1.01. The molecule has 1 aromatic heterocycles. The van der Waals surface area contributed by atoms with Crippen molar-refractivity contribution in [2.24, 2.45) is 5.73 Å². The molecule has 0 atom stereocenters. The molecule has 0 fully saturated rings. The number of carbonyl (C=O) groups is 1. The minimum Gasteiger partial charge on any atom is -0.493 e. The van der Waals surface area contributed by atoms with Gasteiger partial charge in [0.2, 0.25) is 0 Å².